The maximum absolute atomic E-state index is 11.7. The molecule has 2 aromatic carbocycles. The average Bonchev–Trinajstić information content (AvgIpc) is 2.53. The molecule has 0 bridgehead atoms. The average molecular weight is 371 g/mol. The second-order valence-corrected chi connectivity index (χ2v) is 5.52. The van der Waals surface area contributed by atoms with Gasteiger partial charge >= 0.3 is 11.8 Å². The van der Waals surface area contributed by atoms with Crippen molar-refractivity contribution >= 4 is 58.5 Å². The van der Waals surface area contributed by atoms with E-state index >= 15 is 0 Å². The van der Waals surface area contributed by atoms with E-state index in [-0.39, 0.29) is 0 Å². The lowest BCUT2D eigenvalue weighted by molar-refractivity contribution is -0.136. The molecule has 118 valence electrons. The largest absolute Gasteiger partial charge is 0.329 e. The van der Waals surface area contributed by atoms with Crippen LogP contribution < -0.4 is 10.7 Å². The molecule has 0 aromatic heterocycles. The summed E-state index contributed by atoms with van der Waals surface area (Å²) in [5, 5.41) is 7.27. The van der Waals surface area contributed by atoms with Gasteiger partial charge in [0.15, 0.2) is 0 Å². The highest BCUT2D eigenvalue weighted by Crippen LogP contribution is 2.24. The van der Waals surface area contributed by atoms with Crippen LogP contribution in [0.3, 0.4) is 0 Å². The Morgan fingerprint density at radius 1 is 0.957 bits per heavy atom. The number of hydrogen-bond acceptors (Lipinski definition) is 3. The first-order valence-corrected chi connectivity index (χ1v) is 7.44. The first-order valence-electron chi connectivity index (χ1n) is 6.31. The summed E-state index contributed by atoms with van der Waals surface area (Å²) in [5.41, 5.74) is 3.05. The summed E-state index contributed by atoms with van der Waals surface area (Å²) in [6.07, 6.45) is 1.29. The van der Waals surface area contributed by atoms with Gasteiger partial charge in [-0.2, -0.15) is 5.10 Å². The zero-order valence-electron chi connectivity index (χ0n) is 11.5. The molecule has 0 atom stereocenters. The minimum Gasteiger partial charge on any atom is -0.318 e. The summed E-state index contributed by atoms with van der Waals surface area (Å²) in [7, 11) is 0. The fraction of sp³-hybridized carbons (Fsp3) is 0. The van der Waals surface area contributed by atoms with Crippen molar-refractivity contribution in [3.05, 3.63) is 63.1 Å². The maximum Gasteiger partial charge on any atom is 0.329 e. The molecule has 2 N–H and O–H groups in total. The maximum atomic E-state index is 11.7. The molecule has 0 aliphatic carbocycles. The van der Waals surface area contributed by atoms with Gasteiger partial charge in [0.2, 0.25) is 0 Å². The number of benzene rings is 2. The molecule has 0 saturated carbocycles. The number of rotatable bonds is 3. The van der Waals surface area contributed by atoms with Crippen LogP contribution in [0.15, 0.2) is 47.6 Å². The predicted octanol–water partition coefficient (Wildman–Crippen LogP) is 3.74. The normalized spacial score (nSPS) is 10.6. The molecule has 5 nitrogen and oxygen atoms in total. The van der Waals surface area contributed by atoms with Gasteiger partial charge < -0.3 is 5.32 Å². The Hall–Kier alpha value is -2.08. The molecule has 2 amide bonds. The Balaban J connectivity index is 1.93. The van der Waals surface area contributed by atoms with Crippen molar-refractivity contribution in [1.82, 2.24) is 5.43 Å². The van der Waals surface area contributed by atoms with Crippen molar-refractivity contribution in [2.24, 2.45) is 5.10 Å². The van der Waals surface area contributed by atoms with Crippen LogP contribution in [0.5, 0.6) is 0 Å². The molecule has 2 aromatic rings. The van der Waals surface area contributed by atoms with Gasteiger partial charge in [0.25, 0.3) is 0 Å². The van der Waals surface area contributed by atoms with Crippen LogP contribution in [-0.4, -0.2) is 18.0 Å². The fourth-order valence-corrected chi connectivity index (χ4v) is 2.04. The van der Waals surface area contributed by atoms with Crippen LogP contribution in [0.25, 0.3) is 0 Å². The molecule has 0 unspecified atom stereocenters. The van der Waals surface area contributed by atoms with Gasteiger partial charge in [0.05, 0.1) is 16.3 Å². The van der Waals surface area contributed by atoms with E-state index in [4.69, 9.17) is 34.8 Å². The second kappa shape index (κ2) is 7.97. The van der Waals surface area contributed by atoms with Crippen LogP contribution >= 0.6 is 34.8 Å². The van der Waals surface area contributed by atoms with E-state index < -0.39 is 11.8 Å². The van der Waals surface area contributed by atoms with Gasteiger partial charge in [-0.1, -0.05) is 46.9 Å². The van der Waals surface area contributed by atoms with Crippen molar-refractivity contribution in [1.29, 1.82) is 0 Å². The Kier molecular flexibility index (Phi) is 5.98. The van der Waals surface area contributed by atoms with Crippen LogP contribution in [0.4, 0.5) is 5.69 Å². The van der Waals surface area contributed by atoms with Gasteiger partial charge in [0, 0.05) is 16.3 Å². The second-order valence-electron chi connectivity index (χ2n) is 4.30. The number of nitrogens with one attached hydrogen (secondary N) is 2. The number of carbonyl (C=O) groups is 2. The highest BCUT2D eigenvalue weighted by molar-refractivity contribution is 6.43. The highest BCUT2D eigenvalue weighted by Gasteiger charge is 2.12. The van der Waals surface area contributed by atoms with E-state index in [2.05, 4.69) is 15.8 Å². The third-order valence-electron chi connectivity index (χ3n) is 2.66. The van der Waals surface area contributed by atoms with Gasteiger partial charge in [-0.25, -0.2) is 5.43 Å². The Morgan fingerprint density at radius 3 is 2.35 bits per heavy atom. The van der Waals surface area contributed by atoms with Crippen molar-refractivity contribution < 1.29 is 9.59 Å². The number of carbonyl (C=O) groups excluding carboxylic acids is 2. The van der Waals surface area contributed by atoms with Crippen molar-refractivity contribution in [2.75, 3.05) is 5.32 Å². The molecule has 23 heavy (non-hydrogen) atoms. The third-order valence-corrected chi connectivity index (χ3v) is 3.75. The standard InChI is InChI=1S/C15H10Cl3N3O2/c16-10-4-6-11(7-5-10)20-14(22)15(23)21-19-8-9-2-1-3-12(17)13(9)18/h1-8H,(H,20,22)(H,21,23)/b19-8-. The molecule has 8 heteroatoms. The van der Waals surface area contributed by atoms with E-state index in [1.807, 2.05) is 0 Å². The summed E-state index contributed by atoms with van der Waals surface area (Å²) in [5.74, 6) is -1.78. The summed E-state index contributed by atoms with van der Waals surface area (Å²) in [4.78, 5) is 23.3. The quantitative estimate of drug-likeness (QED) is 0.491. The number of nitrogens with zero attached hydrogens (tertiary/aromatic N) is 1. The Labute approximate surface area is 147 Å². The van der Waals surface area contributed by atoms with Crippen LogP contribution in [0.1, 0.15) is 5.56 Å². The lowest BCUT2D eigenvalue weighted by atomic mass is 10.2. The fourth-order valence-electron chi connectivity index (χ4n) is 1.55. The van der Waals surface area contributed by atoms with E-state index in [1.165, 1.54) is 6.21 Å². The first-order chi connectivity index (χ1) is 11.0. The molecule has 0 saturated heterocycles. The number of amides is 2. The number of hydrogen-bond donors (Lipinski definition) is 2. The molecule has 0 radical (unpaired) electrons. The summed E-state index contributed by atoms with van der Waals surface area (Å²) >= 11 is 17.5. The molecule has 0 spiro atoms. The van der Waals surface area contributed by atoms with Gasteiger partial charge in [-0.15, -0.1) is 0 Å². The van der Waals surface area contributed by atoms with Gasteiger partial charge in [-0.05, 0) is 30.3 Å². The number of halogens is 3. The highest BCUT2D eigenvalue weighted by atomic mass is 35.5. The van der Waals surface area contributed by atoms with Crippen molar-refractivity contribution in [3.8, 4) is 0 Å². The van der Waals surface area contributed by atoms with E-state index in [0.717, 1.165) is 0 Å². The van der Waals surface area contributed by atoms with E-state index in [1.54, 1.807) is 42.5 Å². The zero-order valence-corrected chi connectivity index (χ0v) is 13.8. The van der Waals surface area contributed by atoms with Gasteiger partial charge in [-0.3, -0.25) is 9.59 Å². The van der Waals surface area contributed by atoms with Crippen LogP contribution in [0.2, 0.25) is 15.1 Å². The third kappa shape index (κ3) is 4.96. The topological polar surface area (TPSA) is 70.6 Å². The molecular formula is C15H10Cl3N3O2. The Morgan fingerprint density at radius 2 is 1.65 bits per heavy atom. The molecule has 2 rings (SSSR count). The molecular weight excluding hydrogens is 361 g/mol. The lowest BCUT2D eigenvalue weighted by Gasteiger charge is -2.04. The number of hydrazone groups is 1. The smallest absolute Gasteiger partial charge is 0.318 e. The summed E-state index contributed by atoms with van der Waals surface area (Å²) in [6.45, 7) is 0. The first kappa shape index (κ1) is 17.3. The Bertz CT molecular complexity index is 761. The van der Waals surface area contributed by atoms with E-state index in [9.17, 15) is 9.59 Å². The summed E-state index contributed by atoms with van der Waals surface area (Å²) < 4.78 is 0. The molecule has 0 aliphatic rings. The minimum atomic E-state index is -0.922. The van der Waals surface area contributed by atoms with Crippen molar-refractivity contribution in [2.45, 2.75) is 0 Å². The minimum absolute atomic E-state index is 0.304. The van der Waals surface area contributed by atoms with Crippen molar-refractivity contribution in [3.63, 3.8) is 0 Å². The molecule has 0 aliphatic heterocycles. The SMILES string of the molecule is O=C(N/N=C\c1cccc(Cl)c1Cl)C(=O)Nc1ccc(Cl)cc1. The van der Waals surface area contributed by atoms with Crippen LogP contribution in [0, 0.1) is 0 Å². The zero-order chi connectivity index (χ0) is 16.8. The molecule has 0 heterocycles. The van der Waals surface area contributed by atoms with Crippen LogP contribution in [-0.2, 0) is 9.59 Å². The monoisotopic (exact) mass is 369 g/mol. The van der Waals surface area contributed by atoms with Gasteiger partial charge in [0.1, 0.15) is 0 Å². The summed E-state index contributed by atoms with van der Waals surface area (Å²) in [6, 6.07) is 11.3. The predicted molar refractivity (Wildman–Crippen MR) is 92.3 cm³/mol. The van der Waals surface area contributed by atoms with E-state index in [0.29, 0.717) is 26.3 Å². The molecule has 0 fully saturated rings. The lowest BCUT2D eigenvalue weighted by Crippen LogP contribution is -2.32. The number of anilines is 1.